The van der Waals surface area contributed by atoms with Crippen LogP contribution in [-0.4, -0.2) is 16.7 Å². The number of aromatic amines is 1. The van der Waals surface area contributed by atoms with Crippen LogP contribution in [0.4, 0.5) is 0 Å². The molecular formula is C14H11ClN2O2S2. The highest BCUT2D eigenvalue weighted by molar-refractivity contribution is 7.71. The Balaban J connectivity index is 2.19. The summed E-state index contributed by atoms with van der Waals surface area (Å²) in [6.07, 6.45) is 0. The minimum absolute atomic E-state index is 0.120. The second-order valence-corrected chi connectivity index (χ2v) is 6.12. The van der Waals surface area contributed by atoms with Gasteiger partial charge in [0, 0.05) is 10.6 Å². The van der Waals surface area contributed by atoms with Gasteiger partial charge in [0.25, 0.3) is 5.56 Å². The van der Waals surface area contributed by atoms with E-state index in [9.17, 15) is 4.79 Å². The lowest BCUT2D eigenvalue weighted by Gasteiger charge is -2.12. The van der Waals surface area contributed by atoms with Gasteiger partial charge in [0.2, 0.25) is 0 Å². The summed E-state index contributed by atoms with van der Waals surface area (Å²) in [7, 11) is 1.57. The number of fused-ring (bicyclic) bond motifs is 1. The number of aromatic nitrogens is 2. The van der Waals surface area contributed by atoms with Gasteiger partial charge in [-0.2, -0.15) is 0 Å². The number of rotatable bonds is 3. The summed E-state index contributed by atoms with van der Waals surface area (Å²) in [6.45, 7) is 0.269. The van der Waals surface area contributed by atoms with Gasteiger partial charge in [0.15, 0.2) is 4.77 Å². The molecule has 0 saturated heterocycles. The van der Waals surface area contributed by atoms with Gasteiger partial charge in [0.05, 0.1) is 19.2 Å². The predicted octanol–water partition coefficient (Wildman–Crippen LogP) is 3.83. The Morgan fingerprint density at radius 1 is 1.43 bits per heavy atom. The van der Waals surface area contributed by atoms with Crippen LogP contribution in [0, 0.1) is 4.77 Å². The third kappa shape index (κ3) is 2.50. The van der Waals surface area contributed by atoms with Crippen molar-refractivity contribution in [3.63, 3.8) is 0 Å². The van der Waals surface area contributed by atoms with Crippen molar-refractivity contribution in [2.75, 3.05) is 7.11 Å². The molecule has 0 unspecified atom stereocenters. The van der Waals surface area contributed by atoms with Gasteiger partial charge in [-0.15, -0.1) is 11.3 Å². The Morgan fingerprint density at radius 2 is 2.24 bits per heavy atom. The summed E-state index contributed by atoms with van der Waals surface area (Å²) >= 11 is 12.9. The highest BCUT2D eigenvalue weighted by Crippen LogP contribution is 2.27. The molecule has 0 aliphatic heterocycles. The molecule has 2 aromatic heterocycles. The lowest BCUT2D eigenvalue weighted by atomic mass is 10.2. The second-order valence-electron chi connectivity index (χ2n) is 4.41. The molecule has 0 radical (unpaired) electrons. The van der Waals surface area contributed by atoms with Crippen molar-refractivity contribution >= 4 is 45.4 Å². The molecule has 0 atom stereocenters. The Morgan fingerprint density at radius 3 is 3.00 bits per heavy atom. The van der Waals surface area contributed by atoms with Crippen molar-refractivity contribution in [3.8, 4) is 5.75 Å². The first kappa shape index (κ1) is 14.3. The first-order valence-electron chi connectivity index (χ1n) is 6.13. The lowest BCUT2D eigenvalue weighted by molar-refractivity contribution is 0.408. The van der Waals surface area contributed by atoms with Gasteiger partial charge >= 0.3 is 0 Å². The first-order valence-corrected chi connectivity index (χ1v) is 7.80. The average Bonchev–Trinajstić information content (AvgIpc) is 2.93. The van der Waals surface area contributed by atoms with Crippen LogP contribution in [0.3, 0.4) is 0 Å². The Labute approximate surface area is 134 Å². The minimum Gasteiger partial charge on any atom is -0.496 e. The standard InChI is InChI=1S/C14H11ClN2O2S2/c1-19-11-4-2-3-9(15)8(11)7-17-13(18)12-10(5-6-21-12)16-14(17)20/h2-6H,7H2,1H3,(H,16,20). The molecule has 7 heteroatoms. The van der Waals surface area contributed by atoms with Crippen LogP contribution in [-0.2, 0) is 6.54 Å². The topological polar surface area (TPSA) is 47.0 Å². The molecular weight excluding hydrogens is 328 g/mol. The van der Waals surface area contributed by atoms with E-state index in [0.717, 1.165) is 11.1 Å². The highest BCUT2D eigenvalue weighted by Gasteiger charge is 2.12. The molecule has 0 aliphatic rings. The summed E-state index contributed by atoms with van der Waals surface area (Å²) < 4.78 is 7.82. The van der Waals surface area contributed by atoms with Crippen LogP contribution < -0.4 is 10.3 Å². The molecule has 1 aromatic carbocycles. The van der Waals surface area contributed by atoms with Gasteiger partial charge in [-0.1, -0.05) is 17.7 Å². The summed E-state index contributed by atoms with van der Waals surface area (Å²) in [5, 5.41) is 2.40. The van der Waals surface area contributed by atoms with E-state index in [0.29, 0.717) is 20.2 Å². The Bertz CT molecular complexity index is 927. The summed E-state index contributed by atoms with van der Waals surface area (Å²) in [5.74, 6) is 0.634. The van der Waals surface area contributed by atoms with E-state index in [-0.39, 0.29) is 12.1 Å². The van der Waals surface area contributed by atoms with E-state index >= 15 is 0 Å². The summed E-state index contributed by atoms with van der Waals surface area (Å²) in [5.41, 5.74) is 1.38. The van der Waals surface area contributed by atoms with E-state index < -0.39 is 0 Å². The van der Waals surface area contributed by atoms with Crippen LogP contribution in [0.25, 0.3) is 10.2 Å². The maximum atomic E-state index is 12.5. The van der Waals surface area contributed by atoms with Crippen molar-refractivity contribution < 1.29 is 4.74 Å². The predicted molar refractivity (Wildman–Crippen MR) is 88.4 cm³/mol. The number of halogens is 1. The second kappa shape index (κ2) is 5.63. The average molecular weight is 339 g/mol. The van der Waals surface area contributed by atoms with Crippen molar-refractivity contribution in [2.24, 2.45) is 0 Å². The van der Waals surface area contributed by atoms with E-state index in [1.165, 1.54) is 15.9 Å². The van der Waals surface area contributed by atoms with E-state index in [1.807, 2.05) is 17.5 Å². The SMILES string of the molecule is COc1cccc(Cl)c1Cn1c(=S)[nH]c2ccsc2c1=O. The van der Waals surface area contributed by atoms with Crippen LogP contribution in [0.5, 0.6) is 5.75 Å². The molecule has 4 nitrogen and oxygen atoms in total. The number of nitrogens with zero attached hydrogens (tertiary/aromatic N) is 1. The smallest absolute Gasteiger partial charge is 0.272 e. The molecule has 1 N–H and O–H groups in total. The van der Waals surface area contributed by atoms with Gasteiger partial charge in [0.1, 0.15) is 10.4 Å². The molecule has 0 bridgehead atoms. The normalized spacial score (nSPS) is 11.0. The Kier molecular flexibility index (Phi) is 3.84. The van der Waals surface area contributed by atoms with Crippen LogP contribution in [0.1, 0.15) is 5.56 Å². The molecule has 3 aromatic rings. The quantitative estimate of drug-likeness (QED) is 0.738. The number of hydrogen-bond donors (Lipinski definition) is 1. The number of methoxy groups -OCH3 is 1. The third-order valence-corrected chi connectivity index (χ3v) is 4.78. The maximum Gasteiger partial charge on any atom is 0.272 e. The van der Waals surface area contributed by atoms with Gasteiger partial charge in [-0.25, -0.2) is 0 Å². The van der Waals surface area contributed by atoms with E-state index in [4.69, 9.17) is 28.6 Å². The van der Waals surface area contributed by atoms with Crippen molar-refractivity contribution in [2.45, 2.75) is 6.54 Å². The number of H-pyrrole nitrogens is 1. The van der Waals surface area contributed by atoms with Crippen LogP contribution in [0.15, 0.2) is 34.4 Å². The molecule has 3 rings (SSSR count). The first-order chi connectivity index (χ1) is 10.1. The van der Waals surface area contributed by atoms with E-state index in [1.54, 1.807) is 19.2 Å². The molecule has 0 aliphatic carbocycles. The molecule has 0 fully saturated rings. The largest absolute Gasteiger partial charge is 0.496 e. The third-order valence-electron chi connectivity index (χ3n) is 3.20. The monoisotopic (exact) mass is 338 g/mol. The molecule has 0 saturated carbocycles. The van der Waals surface area contributed by atoms with E-state index in [2.05, 4.69) is 4.98 Å². The highest BCUT2D eigenvalue weighted by atomic mass is 35.5. The Hall–Kier alpha value is -1.63. The number of hydrogen-bond acceptors (Lipinski definition) is 4. The fourth-order valence-electron chi connectivity index (χ4n) is 2.16. The summed E-state index contributed by atoms with van der Waals surface area (Å²) in [4.78, 5) is 15.6. The molecule has 108 valence electrons. The van der Waals surface area contributed by atoms with Crippen molar-refractivity contribution in [1.82, 2.24) is 9.55 Å². The maximum absolute atomic E-state index is 12.5. The molecule has 0 spiro atoms. The molecule has 21 heavy (non-hydrogen) atoms. The zero-order chi connectivity index (χ0) is 15.0. The molecule has 2 heterocycles. The lowest BCUT2D eigenvalue weighted by Crippen LogP contribution is -2.22. The fourth-order valence-corrected chi connectivity index (χ4v) is 3.44. The summed E-state index contributed by atoms with van der Waals surface area (Å²) in [6, 6.07) is 7.22. The number of nitrogens with one attached hydrogen (secondary N) is 1. The zero-order valence-electron chi connectivity index (χ0n) is 11.1. The van der Waals surface area contributed by atoms with Crippen LogP contribution in [0.2, 0.25) is 5.02 Å². The number of ether oxygens (including phenoxy) is 1. The minimum atomic E-state index is -0.120. The zero-order valence-corrected chi connectivity index (χ0v) is 13.4. The fraction of sp³-hybridized carbons (Fsp3) is 0.143. The van der Waals surface area contributed by atoms with Gasteiger partial charge < -0.3 is 9.72 Å². The number of benzene rings is 1. The van der Waals surface area contributed by atoms with Crippen molar-refractivity contribution in [1.29, 1.82) is 0 Å². The van der Waals surface area contributed by atoms with Gasteiger partial charge in [-0.3, -0.25) is 9.36 Å². The number of thiophene rings is 1. The van der Waals surface area contributed by atoms with Crippen molar-refractivity contribution in [3.05, 3.63) is 55.4 Å². The van der Waals surface area contributed by atoms with Gasteiger partial charge in [-0.05, 0) is 35.8 Å². The van der Waals surface area contributed by atoms with Crippen LogP contribution >= 0.6 is 35.2 Å². The molecule has 0 amide bonds.